The highest BCUT2D eigenvalue weighted by atomic mass is 16.2. The van der Waals surface area contributed by atoms with Gasteiger partial charge in [-0.25, -0.2) is 4.68 Å². The van der Waals surface area contributed by atoms with E-state index in [2.05, 4.69) is 5.10 Å². The number of rotatable bonds is 2. The van der Waals surface area contributed by atoms with E-state index in [9.17, 15) is 9.59 Å². The minimum absolute atomic E-state index is 0.136. The van der Waals surface area contributed by atoms with Crippen LogP contribution in [0.15, 0.2) is 41.2 Å². The van der Waals surface area contributed by atoms with Crippen molar-refractivity contribution in [3.63, 3.8) is 0 Å². The van der Waals surface area contributed by atoms with Crippen LogP contribution in [0.1, 0.15) is 16.1 Å². The average molecular weight is 217 g/mol. The van der Waals surface area contributed by atoms with Crippen LogP contribution in [0.5, 0.6) is 0 Å². The molecule has 0 aliphatic heterocycles. The number of aromatic amines is 1. The lowest BCUT2D eigenvalue weighted by molar-refractivity contribution is 0.0941. The van der Waals surface area contributed by atoms with Crippen LogP contribution < -0.4 is 11.3 Å². The Morgan fingerprint density at radius 2 is 2.00 bits per heavy atom. The van der Waals surface area contributed by atoms with Gasteiger partial charge in [0.15, 0.2) is 0 Å². The quantitative estimate of drug-likeness (QED) is 0.760. The molecule has 5 nitrogen and oxygen atoms in total. The van der Waals surface area contributed by atoms with Gasteiger partial charge >= 0.3 is 0 Å². The maximum atomic E-state index is 12.0. The Labute approximate surface area is 91.5 Å². The molecule has 1 aromatic carbocycles. The van der Waals surface area contributed by atoms with Gasteiger partial charge in [0.25, 0.3) is 11.5 Å². The Hall–Kier alpha value is -2.14. The van der Waals surface area contributed by atoms with Crippen LogP contribution in [0.2, 0.25) is 0 Å². The van der Waals surface area contributed by atoms with E-state index >= 15 is 0 Å². The van der Waals surface area contributed by atoms with Gasteiger partial charge in [-0.1, -0.05) is 18.2 Å². The first-order valence-electron chi connectivity index (χ1n) is 4.83. The van der Waals surface area contributed by atoms with E-state index in [1.165, 1.54) is 10.7 Å². The molecule has 3 N–H and O–H groups in total. The highest BCUT2D eigenvalue weighted by molar-refractivity contribution is 5.95. The van der Waals surface area contributed by atoms with E-state index in [0.29, 0.717) is 11.3 Å². The van der Waals surface area contributed by atoms with Gasteiger partial charge < -0.3 is 5.73 Å². The number of nitrogens with zero attached hydrogens (tertiary/aromatic N) is 1. The first kappa shape index (κ1) is 10.4. The molecular formula is C11H11N3O2. The average Bonchev–Trinajstić information content (AvgIpc) is 2.70. The molecule has 0 saturated carbocycles. The molecule has 0 bridgehead atoms. The van der Waals surface area contributed by atoms with E-state index < -0.39 is 0 Å². The fraction of sp³-hybridized carbons (Fsp3) is 0.0909. The number of aromatic nitrogens is 2. The molecule has 0 unspecified atom stereocenters. The largest absolute Gasteiger partial charge is 0.325 e. The minimum Gasteiger partial charge on any atom is -0.325 e. The molecule has 5 heteroatoms. The summed E-state index contributed by atoms with van der Waals surface area (Å²) in [6.07, 6.45) is 0. The lowest BCUT2D eigenvalue weighted by atomic mass is 10.2. The predicted octanol–water partition coefficient (Wildman–Crippen LogP) is 0.324. The SMILES string of the molecule is NCc1cc(=O)[nH]n1C(=O)c1ccccc1. The maximum absolute atomic E-state index is 12.0. The zero-order chi connectivity index (χ0) is 11.5. The normalized spacial score (nSPS) is 10.3. The van der Waals surface area contributed by atoms with Crippen LogP contribution in [0, 0.1) is 0 Å². The number of hydrogen-bond acceptors (Lipinski definition) is 3. The summed E-state index contributed by atoms with van der Waals surface area (Å²) in [7, 11) is 0. The zero-order valence-corrected chi connectivity index (χ0v) is 8.51. The molecule has 0 aliphatic carbocycles. The number of carbonyl (C=O) groups excluding carboxylic acids is 1. The van der Waals surface area contributed by atoms with Crippen molar-refractivity contribution in [2.24, 2.45) is 5.73 Å². The Kier molecular flexibility index (Phi) is 2.70. The first-order chi connectivity index (χ1) is 7.72. The van der Waals surface area contributed by atoms with Crippen molar-refractivity contribution in [3.8, 4) is 0 Å². The Morgan fingerprint density at radius 1 is 1.31 bits per heavy atom. The fourth-order valence-corrected chi connectivity index (χ4v) is 1.47. The standard InChI is InChI=1S/C11H11N3O2/c12-7-9-6-10(15)13-14(9)11(16)8-4-2-1-3-5-8/h1-6H,7,12H2,(H,13,15). The predicted molar refractivity (Wildman–Crippen MR) is 59.1 cm³/mol. The molecule has 0 radical (unpaired) electrons. The Bertz CT molecular complexity index is 554. The smallest absolute Gasteiger partial charge is 0.276 e. The topological polar surface area (TPSA) is 80.9 Å². The maximum Gasteiger partial charge on any atom is 0.276 e. The van der Waals surface area contributed by atoms with Crippen molar-refractivity contribution in [1.29, 1.82) is 0 Å². The summed E-state index contributed by atoms with van der Waals surface area (Å²) in [6, 6.07) is 10.0. The van der Waals surface area contributed by atoms with Crippen LogP contribution in [-0.2, 0) is 6.54 Å². The number of nitrogens with one attached hydrogen (secondary N) is 1. The van der Waals surface area contributed by atoms with Gasteiger partial charge in [-0.2, -0.15) is 0 Å². The minimum atomic E-state index is -0.329. The van der Waals surface area contributed by atoms with Crippen molar-refractivity contribution in [2.45, 2.75) is 6.54 Å². The third-order valence-electron chi connectivity index (χ3n) is 2.24. The molecule has 0 fully saturated rings. The molecule has 0 atom stereocenters. The fourth-order valence-electron chi connectivity index (χ4n) is 1.47. The van der Waals surface area contributed by atoms with Gasteiger partial charge in [0, 0.05) is 18.2 Å². The second kappa shape index (κ2) is 4.16. The van der Waals surface area contributed by atoms with Crippen molar-refractivity contribution >= 4 is 5.91 Å². The van der Waals surface area contributed by atoms with E-state index in [0.717, 1.165) is 0 Å². The second-order valence-corrected chi connectivity index (χ2v) is 3.32. The number of carbonyl (C=O) groups is 1. The molecule has 1 aromatic heterocycles. The summed E-state index contributed by atoms with van der Waals surface area (Å²) in [6.45, 7) is 0.136. The van der Waals surface area contributed by atoms with Crippen molar-refractivity contribution in [3.05, 3.63) is 58.0 Å². The monoisotopic (exact) mass is 217 g/mol. The van der Waals surface area contributed by atoms with Crippen molar-refractivity contribution in [1.82, 2.24) is 9.78 Å². The first-order valence-corrected chi connectivity index (χ1v) is 4.83. The molecule has 0 saturated heterocycles. The molecule has 16 heavy (non-hydrogen) atoms. The Balaban J connectivity index is 2.45. The van der Waals surface area contributed by atoms with Gasteiger partial charge in [-0.3, -0.25) is 14.7 Å². The van der Waals surface area contributed by atoms with E-state index in [-0.39, 0.29) is 18.0 Å². The summed E-state index contributed by atoms with van der Waals surface area (Å²) in [5.41, 5.74) is 6.09. The van der Waals surface area contributed by atoms with E-state index in [4.69, 9.17) is 5.73 Å². The molecule has 2 rings (SSSR count). The van der Waals surface area contributed by atoms with Gasteiger partial charge in [-0.05, 0) is 12.1 Å². The van der Waals surface area contributed by atoms with E-state index in [1.807, 2.05) is 6.07 Å². The summed E-state index contributed by atoms with van der Waals surface area (Å²) < 4.78 is 1.18. The Morgan fingerprint density at radius 3 is 2.62 bits per heavy atom. The van der Waals surface area contributed by atoms with E-state index in [1.54, 1.807) is 24.3 Å². The van der Waals surface area contributed by atoms with Crippen molar-refractivity contribution < 1.29 is 4.79 Å². The van der Waals surface area contributed by atoms with Gasteiger partial charge in [0.1, 0.15) is 0 Å². The van der Waals surface area contributed by atoms with Crippen LogP contribution in [0.3, 0.4) is 0 Å². The third kappa shape index (κ3) is 1.80. The molecular weight excluding hydrogens is 206 g/mol. The zero-order valence-electron chi connectivity index (χ0n) is 8.51. The van der Waals surface area contributed by atoms with Crippen LogP contribution in [0.4, 0.5) is 0 Å². The van der Waals surface area contributed by atoms with Gasteiger partial charge in [0.05, 0.1) is 5.69 Å². The molecule has 0 spiro atoms. The third-order valence-corrected chi connectivity index (χ3v) is 2.24. The molecule has 1 heterocycles. The molecule has 82 valence electrons. The lowest BCUT2D eigenvalue weighted by Gasteiger charge is -2.04. The van der Waals surface area contributed by atoms with Gasteiger partial charge in [0.2, 0.25) is 0 Å². The number of H-pyrrole nitrogens is 1. The summed E-state index contributed by atoms with van der Waals surface area (Å²) in [4.78, 5) is 23.1. The lowest BCUT2D eigenvalue weighted by Crippen LogP contribution is -2.19. The summed E-state index contributed by atoms with van der Waals surface area (Å²) in [5.74, 6) is -0.289. The van der Waals surface area contributed by atoms with Crippen LogP contribution in [-0.4, -0.2) is 15.7 Å². The van der Waals surface area contributed by atoms with Gasteiger partial charge in [-0.15, -0.1) is 0 Å². The molecule has 0 amide bonds. The van der Waals surface area contributed by atoms with Crippen LogP contribution >= 0.6 is 0 Å². The summed E-state index contributed by atoms with van der Waals surface area (Å²) in [5, 5.41) is 2.43. The highest BCUT2D eigenvalue weighted by Crippen LogP contribution is 2.03. The second-order valence-electron chi connectivity index (χ2n) is 3.32. The molecule has 0 aliphatic rings. The van der Waals surface area contributed by atoms with Crippen molar-refractivity contribution in [2.75, 3.05) is 0 Å². The summed E-state index contributed by atoms with van der Waals surface area (Å²) >= 11 is 0. The highest BCUT2D eigenvalue weighted by Gasteiger charge is 2.12. The van der Waals surface area contributed by atoms with Crippen LogP contribution in [0.25, 0.3) is 0 Å². The molecule has 2 aromatic rings. The number of nitrogens with two attached hydrogens (primary N) is 1. The number of hydrogen-bond donors (Lipinski definition) is 2. The number of benzene rings is 1.